The van der Waals surface area contributed by atoms with Crippen molar-refractivity contribution in [2.75, 3.05) is 11.9 Å². The molecule has 0 spiro atoms. The molecule has 0 aliphatic heterocycles. The van der Waals surface area contributed by atoms with E-state index in [1.807, 2.05) is 12.1 Å². The zero-order chi connectivity index (χ0) is 14.7. The third-order valence-corrected chi connectivity index (χ3v) is 4.67. The molecule has 4 nitrogen and oxygen atoms in total. The van der Waals surface area contributed by atoms with Gasteiger partial charge in [0, 0.05) is 4.88 Å². The van der Waals surface area contributed by atoms with Crippen LogP contribution in [0.3, 0.4) is 0 Å². The molecule has 1 amide bonds. The van der Waals surface area contributed by atoms with Gasteiger partial charge >= 0.3 is 0 Å². The van der Waals surface area contributed by atoms with E-state index in [2.05, 4.69) is 10.3 Å². The molecule has 3 rings (SSSR count). The number of aryl methyl sites for hydroxylation is 2. The van der Waals surface area contributed by atoms with Crippen LogP contribution < -0.4 is 10.1 Å². The van der Waals surface area contributed by atoms with Gasteiger partial charge in [0.1, 0.15) is 5.75 Å². The first kappa shape index (κ1) is 14.4. The zero-order valence-corrected chi connectivity index (χ0v) is 13.0. The minimum absolute atomic E-state index is 0.0754. The van der Waals surface area contributed by atoms with Crippen LogP contribution in [-0.2, 0) is 17.6 Å². The van der Waals surface area contributed by atoms with E-state index in [1.165, 1.54) is 17.7 Å². The number of benzene rings is 1. The Morgan fingerprint density at radius 2 is 2.14 bits per heavy atom. The highest BCUT2D eigenvalue weighted by atomic mass is 35.5. The molecular formula is C15H15ClN2O2S. The number of hydrogen-bond donors (Lipinski definition) is 1. The number of halogens is 1. The van der Waals surface area contributed by atoms with Crippen molar-refractivity contribution < 1.29 is 9.53 Å². The number of rotatable bonds is 4. The third kappa shape index (κ3) is 3.54. The Morgan fingerprint density at radius 3 is 2.95 bits per heavy atom. The smallest absolute Gasteiger partial charge is 0.264 e. The highest BCUT2D eigenvalue weighted by molar-refractivity contribution is 7.15. The van der Waals surface area contributed by atoms with Gasteiger partial charge in [0.15, 0.2) is 11.7 Å². The van der Waals surface area contributed by atoms with Gasteiger partial charge in [0.05, 0.1) is 10.7 Å². The fourth-order valence-corrected chi connectivity index (χ4v) is 3.52. The minimum Gasteiger partial charge on any atom is -0.482 e. The van der Waals surface area contributed by atoms with Gasteiger partial charge in [-0.05, 0) is 37.8 Å². The molecule has 0 fully saturated rings. The maximum atomic E-state index is 11.9. The largest absolute Gasteiger partial charge is 0.482 e. The van der Waals surface area contributed by atoms with E-state index < -0.39 is 0 Å². The summed E-state index contributed by atoms with van der Waals surface area (Å²) in [5, 5.41) is 3.95. The van der Waals surface area contributed by atoms with Crippen molar-refractivity contribution in [1.82, 2.24) is 4.98 Å². The number of hydrogen-bond acceptors (Lipinski definition) is 4. The van der Waals surface area contributed by atoms with Gasteiger partial charge in [-0.3, -0.25) is 10.1 Å². The first-order chi connectivity index (χ1) is 10.2. The number of aromatic nitrogens is 1. The lowest BCUT2D eigenvalue weighted by Crippen LogP contribution is -2.20. The van der Waals surface area contributed by atoms with Crippen molar-refractivity contribution in [2.24, 2.45) is 0 Å². The summed E-state index contributed by atoms with van der Waals surface area (Å²) in [7, 11) is 0. The number of carbonyl (C=O) groups excluding carboxylic acids is 1. The molecule has 110 valence electrons. The predicted octanol–water partition coefficient (Wildman–Crippen LogP) is 3.69. The maximum absolute atomic E-state index is 11.9. The van der Waals surface area contributed by atoms with Crippen LogP contribution in [0.15, 0.2) is 24.3 Å². The van der Waals surface area contributed by atoms with Crippen LogP contribution in [0, 0.1) is 0 Å². The van der Waals surface area contributed by atoms with Gasteiger partial charge in [0.2, 0.25) is 0 Å². The van der Waals surface area contributed by atoms with Crippen molar-refractivity contribution in [3.8, 4) is 5.75 Å². The Balaban J connectivity index is 1.57. The predicted molar refractivity (Wildman–Crippen MR) is 84.3 cm³/mol. The molecule has 21 heavy (non-hydrogen) atoms. The van der Waals surface area contributed by atoms with Crippen molar-refractivity contribution in [2.45, 2.75) is 25.7 Å². The molecule has 1 heterocycles. The minimum atomic E-state index is -0.221. The molecular weight excluding hydrogens is 308 g/mol. The van der Waals surface area contributed by atoms with Crippen LogP contribution >= 0.6 is 22.9 Å². The van der Waals surface area contributed by atoms with Crippen molar-refractivity contribution in [3.63, 3.8) is 0 Å². The summed E-state index contributed by atoms with van der Waals surface area (Å²) >= 11 is 7.53. The highest BCUT2D eigenvalue weighted by Crippen LogP contribution is 2.29. The molecule has 0 atom stereocenters. The summed E-state index contributed by atoms with van der Waals surface area (Å²) in [6.07, 6.45) is 4.47. The molecule has 1 aromatic carbocycles. The van der Waals surface area contributed by atoms with E-state index in [1.54, 1.807) is 23.5 Å². The van der Waals surface area contributed by atoms with Gasteiger partial charge in [-0.2, -0.15) is 0 Å². The van der Waals surface area contributed by atoms with Crippen LogP contribution in [0.2, 0.25) is 5.02 Å². The molecule has 6 heteroatoms. The number of para-hydroxylation sites is 1. The molecule has 0 saturated heterocycles. The quantitative estimate of drug-likeness (QED) is 0.934. The Kier molecular flexibility index (Phi) is 4.41. The monoisotopic (exact) mass is 322 g/mol. The van der Waals surface area contributed by atoms with Gasteiger partial charge in [0.25, 0.3) is 5.91 Å². The SMILES string of the molecule is O=C(COc1ccccc1Cl)Nc1nc2c(s1)CCCC2. The van der Waals surface area contributed by atoms with Crippen molar-refractivity contribution in [1.29, 1.82) is 0 Å². The van der Waals surface area contributed by atoms with Gasteiger partial charge in [-0.15, -0.1) is 11.3 Å². The number of anilines is 1. The van der Waals surface area contributed by atoms with Gasteiger partial charge in [-0.1, -0.05) is 23.7 Å². The number of carbonyl (C=O) groups is 1. The van der Waals surface area contributed by atoms with Crippen LogP contribution in [0.5, 0.6) is 5.75 Å². The van der Waals surface area contributed by atoms with Crippen LogP contribution in [0.1, 0.15) is 23.4 Å². The number of nitrogens with one attached hydrogen (secondary N) is 1. The lowest BCUT2D eigenvalue weighted by molar-refractivity contribution is -0.118. The standard InChI is InChI=1S/C15H15ClN2O2S/c16-10-5-1-3-7-12(10)20-9-14(19)18-15-17-11-6-2-4-8-13(11)21-15/h1,3,5,7H,2,4,6,8-9H2,(H,17,18,19). The Labute approximate surface area is 132 Å². The number of fused-ring (bicyclic) bond motifs is 1. The molecule has 1 aliphatic carbocycles. The molecule has 2 aromatic rings. The normalized spacial score (nSPS) is 13.6. The van der Waals surface area contributed by atoms with E-state index >= 15 is 0 Å². The average Bonchev–Trinajstić information content (AvgIpc) is 2.88. The summed E-state index contributed by atoms with van der Waals surface area (Å²) in [5.41, 5.74) is 1.13. The second-order valence-corrected chi connectivity index (χ2v) is 6.35. The summed E-state index contributed by atoms with van der Waals surface area (Å²) < 4.78 is 5.41. The first-order valence-corrected chi connectivity index (χ1v) is 8.07. The van der Waals surface area contributed by atoms with Crippen LogP contribution in [-0.4, -0.2) is 17.5 Å². The Morgan fingerprint density at radius 1 is 1.33 bits per heavy atom. The first-order valence-electron chi connectivity index (χ1n) is 6.88. The summed E-state index contributed by atoms with van der Waals surface area (Å²) in [4.78, 5) is 17.7. The molecule has 0 saturated carbocycles. The zero-order valence-electron chi connectivity index (χ0n) is 11.4. The topological polar surface area (TPSA) is 51.2 Å². The van der Waals surface area contributed by atoms with Crippen LogP contribution in [0.4, 0.5) is 5.13 Å². The van der Waals surface area contributed by atoms with Crippen LogP contribution in [0.25, 0.3) is 0 Å². The number of amides is 1. The summed E-state index contributed by atoms with van der Waals surface area (Å²) in [5.74, 6) is 0.286. The number of ether oxygens (including phenoxy) is 1. The van der Waals surface area contributed by atoms with Crippen molar-refractivity contribution >= 4 is 34.0 Å². The lowest BCUT2D eigenvalue weighted by Gasteiger charge is -2.07. The second-order valence-electron chi connectivity index (χ2n) is 4.86. The Hall–Kier alpha value is -1.59. The average molecular weight is 323 g/mol. The van der Waals surface area contributed by atoms with E-state index in [9.17, 15) is 4.79 Å². The summed E-state index contributed by atoms with van der Waals surface area (Å²) in [6.45, 7) is -0.0754. The molecule has 1 N–H and O–H groups in total. The second kappa shape index (κ2) is 6.45. The Bertz CT molecular complexity index is 633. The van der Waals surface area contributed by atoms with Crippen molar-refractivity contribution in [3.05, 3.63) is 39.9 Å². The molecule has 0 radical (unpaired) electrons. The molecule has 0 unspecified atom stereocenters. The fourth-order valence-electron chi connectivity index (χ4n) is 2.27. The molecule has 0 bridgehead atoms. The van der Waals surface area contributed by atoms with Gasteiger partial charge in [-0.25, -0.2) is 4.98 Å². The third-order valence-electron chi connectivity index (χ3n) is 3.29. The van der Waals surface area contributed by atoms with E-state index in [0.29, 0.717) is 15.9 Å². The number of thiazole rings is 1. The summed E-state index contributed by atoms with van der Waals surface area (Å²) in [6, 6.07) is 7.09. The fraction of sp³-hybridized carbons (Fsp3) is 0.333. The lowest BCUT2D eigenvalue weighted by atomic mass is 10.0. The van der Waals surface area contributed by atoms with E-state index in [-0.39, 0.29) is 12.5 Å². The van der Waals surface area contributed by atoms with E-state index in [0.717, 1.165) is 18.5 Å². The number of nitrogens with zero attached hydrogens (tertiary/aromatic N) is 1. The molecule has 1 aliphatic rings. The van der Waals surface area contributed by atoms with E-state index in [4.69, 9.17) is 16.3 Å². The highest BCUT2D eigenvalue weighted by Gasteiger charge is 2.16. The van der Waals surface area contributed by atoms with Gasteiger partial charge < -0.3 is 4.74 Å². The molecule has 1 aromatic heterocycles. The maximum Gasteiger partial charge on any atom is 0.264 e.